The molecule has 1 fully saturated rings. The Kier molecular flexibility index (Phi) is 5.33. The number of hydrogen-bond donors (Lipinski definition) is 0. The van der Waals surface area contributed by atoms with E-state index in [9.17, 15) is 14.0 Å². The van der Waals surface area contributed by atoms with Gasteiger partial charge >= 0.3 is 0 Å². The molecule has 0 bridgehead atoms. The van der Waals surface area contributed by atoms with E-state index in [1.165, 1.54) is 17.0 Å². The van der Waals surface area contributed by atoms with Gasteiger partial charge in [-0.3, -0.25) is 14.3 Å². The highest BCUT2D eigenvalue weighted by molar-refractivity contribution is 6.14. The summed E-state index contributed by atoms with van der Waals surface area (Å²) < 4.78 is 15.5. The number of imide groups is 1. The van der Waals surface area contributed by atoms with Gasteiger partial charge in [-0.25, -0.2) is 14.3 Å². The summed E-state index contributed by atoms with van der Waals surface area (Å²) in [5.41, 5.74) is 4.52. The lowest BCUT2D eigenvalue weighted by atomic mass is 9.98. The fourth-order valence-corrected chi connectivity index (χ4v) is 4.35. The minimum Gasteiger partial charge on any atom is -0.274 e. The first-order valence-electron chi connectivity index (χ1n) is 11.2. The van der Waals surface area contributed by atoms with Crippen molar-refractivity contribution in [2.45, 2.75) is 52.0 Å². The predicted molar refractivity (Wildman–Crippen MR) is 119 cm³/mol. The van der Waals surface area contributed by atoms with Crippen molar-refractivity contribution in [3.05, 3.63) is 54.1 Å². The Bertz CT molecular complexity index is 1180. The highest BCUT2D eigenvalue weighted by Gasteiger charge is 2.31. The molecule has 0 atom stereocenters. The molecule has 0 radical (unpaired) electrons. The topological polar surface area (TPSA) is 68.1 Å². The van der Waals surface area contributed by atoms with E-state index in [0.29, 0.717) is 18.2 Å². The zero-order chi connectivity index (χ0) is 22.2. The summed E-state index contributed by atoms with van der Waals surface area (Å²) in [5, 5.41) is 4.80. The molecule has 0 saturated heterocycles. The number of nitrogens with zero attached hydrogens (tertiary/aromatic N) is 4. The number of benzene rings is 1. The molecule has 0 spiro atoms. The molecule has 1 aliphatic carbocycles. The Morgan fingerprint density at radius 3 is 2.62 bits per heavy atom. The zero-order valence-electron chi connectivity index (χ0n) is 18.1. The van der Waals surface area contributed by atoms with Gasteiger partial charge in [-0.15, -0.1) is 0 Å². The summed E-state index contributed by atoms with van der Waals surface area (Å²) in [7, 11) is 0. The highest BCUT2D eigenvalue weighted by Crippen LogP contribution is 2.39. The molecule has 3 heterocycles. The molecule has 0 unspecified atom stereocenters. The molecular formula is C25H25FN4O2. The van der Waals surface area contributed by atoms with Crippen molar-refractivity contribution < 1.29 is 14.0 Å². The number of carbonyl (C=O) groups is 2. The van der Waals surface area contributed by atoms with E-state index >= 15 is 0 Å². The number of hydrogen-bond acceptors (Lipinski definition) is 4. The van der Waals surface area contributed by atoms with Crippen LogP contribution in [0.25, 0.3) is 22.4 Å². The molecule has 2 aromatic heterocycles. The second kappa shape index (κ2) is 8.30. The molecule has 3 aromatic rings. The van der Waals surface area contributed by atoms with Crippen LogP contribution in [0.3, 0.4) is 0 Å². The second-order valence-corrected chi connectivity index (χ2v) is 8.53. The van der Waals surface area contributed by atoms with Crippen molar-refractivity contribution in [2.24, 2.45) is 5.92 Å². The average Bonchev–Trinajstić information content (AvgIpc) is 3.36. The first-order chi connectivity index (χ1) is 15.5. The zero-order valence-corrected chi connectivity index (χ0v) is 18.1. The summed E-state index contributed by atoms with van der Waals surface area (Å²) in [6, 6.07) is 10.0. The molecule has 32 heavy (non-hydrogen) atoms. The number of amides is 2. The van der Waals surface area contributed by atoms with Gasteiger partial charge in [-0.1, -0.05) is 6.92 Å². The van der Waals surface area contributed by atoms with E-state index in [-0.39, 0.29) is 24.1 Å². The van der Waals surface area contributed by atoms with E-state index < -0.39 is 0 Å². The largest absolute Gasteiger partial charge is 0.274 e. The normalized spacial score (nSPS) is 14.9. The Balaban J connectivity index is 1.59. The van der Waals surface area contributed by atoms with Crippen molar-refractivity contribution in [3.63, 3.8) is 0 Å². The number of aryl methyl sites for hydroxylation is 1. The molecule has 2 amide bonds. The average molecular weight is 432 g/mol. The van der Waals surface area contributed by atoms with Crippen LogP contribution in [0.1, 0.15) is 44.7 Å². The quantitative estimate of drug-likeness (QED) is 0.563. The first kappa shape index (κ1) is 20.5. The standard InChI is InChI=1S/C25H25FN4O2/c1-2-22(31)30(23(32)14-16-5-6-16)21-15-18(11-12-27-21)24-20-4-3-13-29(20)28-25(24)17-7-9-19(26)10-8-17/h7-12,15-16H,2-6,13-14H2,1H3. The van der Waals surface area contributed by atoms with Crippen molar-refractivity contribution in [1.29, 1.82) is 0 Å². The lowest BCUT2D eigenvalue weighted by Gasteiger charge is -2.20. The molecule has 164 valence electrons. The monoisotopic (exact) mass is 432 g/mol. The Labute approximate surface area is 186 Å². The molecule has 6 nitrogen and oxygen atoms in total. The number of anilines is 1. The van der Waals surface area contributed by atoms with Crippen LogP contribution in [0.2, 0.25) is 0 Å². The number of aromatic nitrogens is 3. The number of fused-ring (bicyclic) bond motifs is 1. The lowest BCUT2D eigenvalue weighted by molar-refractivity contribution is -0.126. The minimum absolute atomic E-state index is 0.192. The van der Waals surface area contributed by atoms with Gasteiger partial charge in [0, 0.05) is 42.4 Å². The summed E-state index contributed by atoms with van der Waals surface area (Å²) in [6.07, 6.45) is 6.22. The van der Waals surface area contributed by atoms with Gasteiger partial charge in [0.05, 0.1) is 0 Å². The third-order valence-electron chi connectivity index (χ3n) is 6.18. The van der Waals surface area contributed by atoms with Crippen LogP contribution in [0.4, 0.5) is 10.2 Å². The van der Waals surface area contributed by atoms with Crippen LogP contribution in [-0.2, 0) is 22.6 Å². The fraction of sp³-hybridized carbons (Fsp3) is 0.360. The molecule has 5 rings (SSSR count). The second-order valence-electron chi connectivity index (χ2n) is 8.53. The Hall–Kier alpha value is -3.35. The third-order valence-corrected chi connectivity index (χ3v) is 6.18. The van der Waals surface area contributed by atoms with Crippen molar-refractivity contribution in [1.82, 2.24) is 14.8 Å². The Morgan fingerprint density at radius 2 is 1.91 bits per heavy atom. The molecule has 1 aliphatic heterocycles. The molecular weight excluding hydrogens is 407 g/mol. The summed E-state index contributed by atoms with van der Waals surface area (Å²) in [4.78, 5) is 31.2. The van der Waals surface area contributed by atoms with Crippen LogP contribution in [0.15, 0.2) is 42.6 Å². The predicted octanol–water partition coefficient (Wildman–Crippen LogP) is 4.77. The SMILES string of the molecule is CCC(=O)N(C(=O)CC1CC1)c1cc(-c2c(-c3ccc(F)cc3)nn3c2CCC3)ccn1. The van der Waals surface area contributed by atoms with Gasteiger partial charge in [0.1, 0.15) is 17.3 Å². The maximum absolute atomic E-state index is 13.5. The summed E-state index contributed by atoms with van der Waals surface area (Å²) in [6.45, 7) is 2.59. The summed E-state index contributed by atoms with van der Waals surface area (Å²) in [5.74, 6) is -0.0108. The summed E-state index contributed by atoms with van der Waals surface area (Å²) >= 11 is 0. The van der Waals surface area contributed by atoms with E-state index in [4.69, 9.17) is 5.10 Å². The van der Waals surface area contributed by atoms with Gasteiger partial charge < -0.3 is 0 Å². The molecule has 1 saturated carbocycles. The Morgan fingerprint density at radius 1 is 1.12 bits per heavy atom. The first-order valence-corrected chi connectivity index (χ1v) is 11.2. The van der Waals surface area contributed by atoms with Crippen molar-refractivity contribution in [3.8, 4) is 22.4 Å². The van der Waals surface area contributed by atoms with E-state index in [0.717, 1.165) is 60.3 Å². The van der Waals surface area contributed by atoms with Gasteiger partial charge in [-0.2, -0.15) is 5.10 Å². The third kappa shape index (κ3) is 3.83. The maximum Gasteiger partial charge on any atom is 0.235 e. The smallest absolute Gasteiger partial charge is 0.235 e. The van der Waals surface area contributed by atoms with Crippen LogP contribution in [0.5, 0.6) is 0 Å². The number of pyridine rings is 1. The van der Waals surface area contributed by atoms with Gasteiger partial charge in [0.25, 0.3) is 0 Å². The highest BCUT2D eigenvalue weighted by atomic mass is 19.1. The van der Waals surface area contributed by atoms with E-state index in [1.807, 2.05) is 16.8 Å². The molecule has 2 aliphatic rings. The lowest BCUT2D eigenvalue weighted by Crippen LogP contribution is -2.37. The number of carbonyl (C=O) groups excluding carboxylic acids is 2. The van der Waals surface area contributed by atoms with Crippen LogP contribution >= 0.6 is 0 Å². The van der Waals surface area contributed by atoms with Crippen LogP contribution < -0.4 is 4.90 Å². The molecule has 1 aromatic carbocycles. The fourth-order valence-electron chi connectivity index (χ4n) is 4.35. The maximum atomic E-state index is 13.5. The number of halogens is 1. The van der Waals surface area contributed by atoms with Gasteiger partial charge in [0.2, 0.25) is 11.8 Å². The molecule has 0 N–H and O–H groups in total. The van der Waals surface area contributed by atoms with Crippen LogP contribution in [-0.4, -0.2) is 26.6 Å². The molecule has 7 heteroatoms. The number of rotatable bonds is 6. The van der Waals surface area contributed by atoms with Crippen molar-refractivity contribution in [2.75, 3.05) is 4.90 Å². The van der Waals surface area contributed by atoms with Crippen molar-refractivity contribution >= 4 is 17.6 Å². The van der Waals surface area contributed by atoms with Gasteiger partial charge in [0.15, 0.2) is 0 Å². The van der Waals surface area contributed by atoms with E-state index in [2.05, 4.69) is 4.98 Å². The van der Waals surface area contributed by atoms with Gasteiger partial charge in [-0.05, 0) is 73.6 Å². The van der Waals surface area contributed by atoms with Crippen LogP contribution in [0, 0.1) is 11.7 Å². The minimum atomic E-state index is -0.295. The van der Waals surface area contributed by atoms with E-state index in [1.54, 1.807) is 25.3 Å².